The molecule has 1 atom stereocenters. The first-order valence-electron chi connectivity index (χ1n) is 6.44. The van der Waals surface area contributed by atoms with Gasteiger partial charge in [0.05, 0.1) is 5.92 Å². The van der Waals surface area contributed by atoms with Crippen LogP contribution in [0.25, 0.3) is 0 Å². The van der Waals surface area contributed by atoms with Gasteiger partial charge in [0.15, 0.2) is 6.33 Å². The lowest BCUT2D eigenvalue weighted by molar-refractivity contribution is -0.138. The summed E-state index contributed by atoms with van der Waals surface area (Å²) in [5.74, 6) is -0.673. The van der Waals surface area contributed by atoms with E-state index in [1.165, 1.54) is 6.33 Å². The Labute approximate surface area is 116 Å². The molecule has 0 aliphatic heterocycles. The number of nitrogens with zero attached hydrogens (tertiary/aromatic N) is 2. The zero-order valence-corrected chi connectivity index (χ0v) is 11.2. The van der Waals surface area contributed by atoms with E-state index in [1.807, 2.05) is 24.3 Å². The third-order valence-corrected chi connectivity index (χ3v) is 3.10. The van der Waals surface area contributed by atoms with Crippen LogP contribution < -0.4 is 5.32 Å². The molecule has 0 radical (unpaired) electrons. The molecule has 106 valence electrons. The lowest BCUT2D eigenvalue weighted by Gasteiger charge is -2.08. The highest BCUT2D eigenvalue weighted by atomic mass is 16.5. The average molecular weight is 275 g/mol. The molecule has 0 bridgehead atoms. The van der Waals surface area contributed by atoms with Crippen LogP contribution in [-0.4, -0.2) is 27.8 Å². The number of nitrogens with one attached hydrogen (secondary N) is 1. The second-order valence-corrected chi connectivity index (χ2v) is 4.56. The Kier molecular flexibility index (Phi) is 4.84. The van der Waals surface area contributed by atoms with Crippen molar-refractivity contribution in [3.05, 3.63) is 47.6 Å². The normalized spacial score (nSPS) is 12.2. The van der Waals surface area contributed by atoms with Gasteiger partial charge in [0.1, 0.15) is 0 Å². The maximum absolute atomic E-state index is 10.9. The number of carboxylic acid groups (broad SMARTS) is 1. The summed E-state index contributed by atoms with van der Waals surface area (Å²) in [6.45, 7) is 3.14. The molecule has 0 fully saturated rings. The predicted octanol–water partition coefficient (Wildman–Crippen LogP) is 1.59. The summed E-state index contributed by atoms with van der Waals surface area (Å²) in [4.78, 5) is 14.8. The van der Waals surface area contributed by atoms with E-state index in [-0.39, 0.29) is 0 Å². The van der Waals surface area contributed by atoms with Crippen LogP contribution in [0.3, 0.4) is 0 Å². The summed E-state index contributed by atoms with van der Waals surface area (Å²) in [7, 11) is 0. The van der Waals surface area contributed by atoms with Gasteiger partial charge in [0.25, 0.3) is 0 Å². The predicted molar refractivity (Wildman–Crippen MR) is 72.2 cm³/mol. The fourth-order valence-electron chi connectivity index (χ4n) is 1.80. The van der Waals surface area contributed by atoms with Crippen molar-refractivity contribution in [2.24, 2.45) is 0 Å². The Morgan fingerprint density at radius 3 is 2.75 bits per heavy atom. The fraction of sp³-hybridized carbons (Fsp3) is 0.357. The van der Waals surface area contributed by atoms with Crippen LogP contribution in [0.15, 0.2) is 35.1 Å². The molecular formula is C14H17N3O3. The minimum absolute atomic E-state index is 0.477. The highest BCUT2D eigenvalue weighted by Crippen LogP contribution is 2.15. The van der Waals surface area contributed by atoms with E-state index in [9.17, 15) is 4.79 Å². The van der Waals surface area contributed by atoms with Crippen molar-refractivity contribution in [3.8, 4) is 0 Å². The van der Waals surface area contributed by atoms with Gasteiger partial charge in [-0.25, -0.2) is 0 Å². The lowest BCUT2D eigenvalue weighted by Crippen LogP contribution is -2.17. The van der Waals surface area contributed by atoms with Gasteiger partial charge < -0.3 is 14.9 Å². The first-order valence-corrected chi connectivity index (χ1v) is 6.44. The molecule has 6 heteroatoms. The maximum Gasteiger partial charge on any atom is 0.310 e. The van der Waals surface area contributed by atoms with E-state index in [4.69, 9.17) is 9.63 Å². The number of aliphatic carboxylic acids is 1. The fourth-order valence-corrected chi connectivity index (χ4v) is 1.80. The molecule has 1 unspecified atom stereocenters. The van der Waals surface area contributed by atoms with Gasteiger partial charge in [0.2, 0.25) is 5.89 Å². The molecule has 2 N–H and O–H groups in total. The van der Waals surface area contributed by atoms with Crippen LogP contribution in [0, 0.1) is 0 Å². The third kappa shape index (κ3) is 3.89. The van der Waals surface area contributed by atoms with Crippen molar-refractivity contribution >= 4 is 5.97 Å². The number of hydrogen-bond donors (Lipinski definition) is 2. The van der Waals surface area contributed by atoms with Crippen LogP contribution >= 0.6 is 0 Å². The van der Waals surface area contributed by atoms with E-state index in [2.05, 4.69) is 15.5 Å². The summed E-state index contributed by atoms with van der Waals surface area (Å²) in [6.07, 6.45) is 2.08. The first kappa shape index (κ1) is 14.2. The molecule has 0 amide bonds. The number of carboxylic acids is 1. The van der Waals surface area contributed by atoms with Crippen LogP contribution in [0.4, 0.5) is 0 Å². The van der Waals surface area contributed by atoms with Gasteiger partial charge in [0, 0.05) is 19.5 Å². The van der Waals surface area contributed by atoms with Crippen LogP contribution in [-0.2, 0) is 17.8 Å². The van der Waals surface area contributed by atoms with Gasteiger partial charge in [-0.05, 0) is 18.1 Å². The zero-order valence-electron chi connectivity index (χ0n) is 11.2. The number of aromatic nitrogens is 2. The van der Waals surface area contributed by atoms with Crippen LogP contribution in [0.2, 0.25) is 0 Å². The highest BCUT2D eigenvalue weighted by Gasteiger charge is 2.12. The van der Waals surface area contributed by atoms with Gasteiger partial charge >= 0.3 is 5.97 Å². The monoisotopic (exact) mass is 275 g/mol. The van der Waals surface area contributed by atoms with Gasteiger partial charge in [-0.1, -0.05) is 29.4 Å². The molecule has 2 rings (SSSR count). The van der Waals surface area contributed by atoms with Crippen LogP contribution in [0.5, 0.6) is 0 Å². The summed E-state index contributed by atoms with van der Waals surface area (Å²) < 4.78 is 4.89. The molecule has 2 aromatic rings. The van der Waals surface area contributed by atoms with Crippen molar-refractivity contribution in [2.45, 2.75) is 25.8 Å². The summed E-state index contributed by atoms with van der Waals surface area (Å²) in [6, 6.07) is 7.59. The van der Waals surface area contributed by atoms with Crippen molar-refractivity contribution in [1.82, 2.24) is 15.5 Å². The van der Waals surface area contributed by atoms with Gasteiger partial charge in [-0.2, -0.15) is 4.98 Å². The Balaban J connectivity index is 1.77. The van der Waals surface area contributed by atoms with Gasteiger partial charge in [-0.3, -0.25) is 4.79 Å². The van der Waals surface area contributed by atoms with E-state index < -0.39 is 11.9 Å². The van der Waals surface area contributed by atoms with E-state index in [0.29, 0.717) is 12.3 Å². The summed E-state index contributed by atoms with van der Waals surface area (Å²) >= 11 is 0. The van der Waals surface area contributed by atoms with E-state index in [0.717, 1.165) is 24.2 Å². The smallest absolute Gasteiger partial charge is 0.310 e. The maximum atomic E-state index is 10.9. The second kappa shape index (κ2) is 6.81. The number of rotatable bonds is 7. The largest absolute Gasteiger partial charge is 0.481 e. The topological polar surface area (TPSA) is 88.2 Å². The van der Waals surface area contributed by atoms with E-state index in [1.54, 1.807) is 6.92 Å². The highest BCUT2D eigenvalue weighted by molar-refractivity contribution is 5.75. The Morgan fingerprint density at radius 1 is 1.40 bits per heavy atom. The lowest BCUT2D eigenvalue weighted by atomic mass is 10.0. The molecule has 1 aromatic carbocycles. The molecule has 0 aliphatic carbocycles. The Hall–Kier alpha value is -2.21. The minimum atomic E-state index is -0.810. The molecule has 0 saturated carbocycles. The zero-order chi connectivity index (χ0) is 14.4. The molecule has 6 nitrogen and oxygen atoms in total. The molecule has 1 heterocycles. The quantitative estimate of drug-likeness (QED) is 0.746. The van der Waals surface area contributed by atoms with Crippen molar-refractivity contribution in [2.75, 3.05) is 6.54 Å². The molecule has 20 heavy (non-hydrogen) atoms. The third-order valence-electron chi connectivity index (χ3n) is 3.10. The summed E-state index contributed by atoms with van der Waals surface area (Å²) in [5.41, 5.74) is 1.92. The van der Waals surface area contributed by atoms with E-state index >= 15 is 0 Å². The average Bonchev–Trinajstić information content (AvgIpc) is 2.96. The summed E-state index contributed by atoms with van der Waals surface area (Å²) in [5, 5.41) is 15.7. The Morgan fingerprint density at radius 2 is 2.15 bits per heavy atom. The molecule has 0 saturated heterocycles. The number of carbonyl (C=O) groups is 1. The van der Waals surface area contributed by atoms with Crippen molar-refractivity contribution in [1.29, 1.82) is 0 Å². The molecule has 1 aromatic heterocycles. The molecule has 0 spiro atoms. The minimum Gasteiger partial charge on any atom is -0.481 e. The number of hydrogen-bond acceptors (Lipinski definition) is 5. The second-order valence-electron chi connectivity index (χ2n) is 4.56. The standard InChI is InChI=1S/C14H17N3O3/c1-10(14(18)19)12-4-2-11(3-5-12)8-15-7-6-13-16-9-17-20-13/h2-5,9-10,15H,6-8H2,1H3,(H,18,19). The first-order chi connectivity index (χ1) is 9.66. The SMILES string of the molecule is CC(C(=O)O)c1ccc(CNCCc2ncno2)cc1. The molecular weight excluding hydrogens is 258 g/mol. The van der Waals surface area contributed by atoms with Gasteiger partial charge in [-0.15, -0.1) is 0 Å². The van der Waals surface area contributed by atoms with Crippen molar-refractivity contribution < 1.29 is 14.4 Å². The van der Waals surface area contributed by atoms with Crippen LogP contribution in [0.1, 0.15) is 29.9 Å². The van der Waals surface area contributed by atoms with Crippen molar-refractivity contribution in [3.63, 3.8) is 0 Å². The molecule has 0 aliphatic rings. The number of benzene rings is 1. The Bertz CT molecular complexity index is 537.